The molecule has 35 heavy (non-hydrogen) atoms. The smallest absolute Gasteiger partial charge is 0.340 e. The fourth-order valence-electron chi connectivity index (χ4n) is 3.39. The SMILES string of the molecule is COc1cc(NC(=O)c2ccco2)c(C(=O)OCc2c(C)nn(-c3ccccc3)c2Cl)cc1OC. The Kier molecular flexibility index (Phi) is 7.07. The van der Waals surface area contributed by atoms with Crippen LogP contribution >= 0.6 is 11.6 Å². The highest BCUT2D eigenvalue weighted by Gasteiger charge is 2.23. The molecular formula is C25H22ClN3O6. The Morgan fingerprint density at radius 1 is 1.06 bits per heavy atom. The number of aromatic nitrogens is 2. The molecule has 0 saturated carbocycles. The minimum atomic E-state index is -0.705. The molecule has 2 aromatic carbocycles. The molecule has 10 heteroatoms. The minimum Gasteiger partial charge on any atom is -0.493 e. The number of para-hydroxylation sites is 1. The summed E-state index contributed by atoms with van der Waals surface area (Å²) in [6, 6.07) is 15.4. The van der Waals surface area contributed by atoms with Crippen molar-refractivity contribution in [2.45, 2.75) is 13.5 Å². The molecule has 0 aliphatic rings. The van der Waals surface area contributed by atoms with Crippen molar-refractivity contribution in [2.24, 2.45) is 0 Å². The number of hydrogen-bond donors (Lipinski definition) is 1. The third-order valence-electron chi connectivity index (χ3n) is 5.21. The lowest BCUT2D eigenvalue weighted by Gasteiger charge is -2.15. The Labute approximate surface area is 206 Å². The van der Waals surface area contributed by atoms with Crippen molar-refractivity contribution < 1.29 is 28.2 Å². The number of carbonyl (C=O) groups is 2. The van der Waals surface area contributed by atoms with E-state index in [0.29, 0.717) is 27.9 Å². The molecule has 0 spiro atoms. The normalized spacial score (nSPS) is 10.6. The maximum absolute atomic E-state index is 13.1. The number of methoxy groups -OCH3 is 2. The quantitative estimate of drug-likeness (QED) is 0.341. The lowest BCUT2D eigenvalue weighted by molar-refractivity contribution is 0.0473. The van der Waals surface area contributed by atoms with Gasteiger partial charge in [-0.2, -0.15) is 5.10 Å². The molecule has 4 rings (SSSR count). The number of nitrogens with one attached hydrogen (secondary N) is 1. The van der Waals surface area contributed by atoms with Gasteiger partial charge in [-0.05, 0) is 31.2 Å². The summed E-state index contributed by atoms with van der Waals surface area (Å²) in [7, 11) is 2.89. The van der Waals surface area contributed by atoms with Gasteiger partial charge in [0.2, 0.25) is 0 Å². The van der Waals surface area contributed by atoms with Crippen LogP contribution in [0.4, 0.5) is 5.69 Å². The number of furan rings is 1. The second kappa shape index (κ2) is 10.4. The summed E-state index contributed by atoms with van der Waals surface area (Å²) in [4.78, 5) is 25.7. The van der Waals surface area contributed by atoms with Gasteiger partial charge in [-0.3, -0.25) is 4.79 Å². The molecule has 9 nitrogen and oxygen atoms in total. The molecule has 1 amide bonds. The van der Waals surface area contributed by atoms with E-state index in [9.17, 15) is 9.59 Å². The van der Waals surface area contributed by atoms with Crippen LogP contribution in [0.25, 0.3) is 5.69 Å². The number of hydrogen-bond acceptors (Lipinski definition) is 7. The van der Waals surface area contributed by atoms with E-state index in [1.165, 1.54) is 38.7 Å². The van der Waals surface area contributed by atoms with Gasteiger partial charge in [0, 0.05) is 17.7 Å². The van der Waals surface area contributed by atoms with Crippen molar-refractivity contribution in [1.29, 1.82) is 0 Å². The summed E-state index contributed by atoms with van der Waals surface area (Å²) in [6.07, 6.45) is 1.38. The van der Waals surface area contributed by atoms with Crippen molar-refractivity contribution in [1.82, 2.24) is 9.78 Å². The lowest BCUT2D eigenvalue weighted by atomic mass is 10.1. The molecule has 0 aliphatic carbocycles. The molecule has 0 radical (unpaired) electrons. The van der Waals surface area contributed by atoms with Crippen LogP contribution in [0.3, 0.4) is 0 Å². The second-order valence-corrected chi connectivity index (χ2v) is 7.72. The molecule has 180 valence electrons. The van der Waals surface area contributed by atoms with Crippen LogP contribution in [0.2, 0.25) is 5.15 Å². The maximum atomic E-state index is 13.1. The zero-order valence-electron chi connectivity index (χ0n) is 19.2. The van der Waals surface area contributed by atoms with Crippen LogP contribution in [0.15, 0.2) is 65.3 Å². The topological polar surface area (TPSA) is 105 Å². The van der Waals surface area contributed by atoms with Crippen molar-refractivity contribution >= 4 is 29.2 Å². The summed E-state index contributed by atoms with van der Waals surface area (Å²) >= 11 is 6.54. The number of amides is 1. The lowest BCUT2D eigenvalue weighted by Crippen LogP contribution is -2.16. The average Bonchev–Trinajstić information content (AvgIpc) is 3.51. The highest BCUT2D eigenvalue weighted by molar-refractivity contribution is 6.30. The molecule has 0 saturated heterocycles. The monoisotopic (exact) mass is 495 g/mol. The zero-order valence-corrected chi connectivity index (χ0v) is 20.0. The van der Waals surface area contributed by atoms with Crippen molar-refractivity contribution in [3.8, 4) is 17.2 Å². The number of nitrogens with zero attached hydrogens (tertiary/aromatic N) is 2. The van der Waals surface area contributed by atoms with Gasteiger partial charge in [-0.25, -0.2) is 9.48 Å². The minimum absolute atomic E-state index is 0.0618. The van der Waals surface area contributed by atoms with E-state index >= 15 is 0 Å². The summed E-state index contributed by atoms with van der Waals surface area (Å²) in [5.41, 5.74) is 2.18. The standard InChI is InChI=1S/C25H22ClN3O6/c1-15-18(23(26)29(28-15)16-8-5-4-6-9-16)14-35-25(31)17-12-21(32-2)22(33-3)13-19(17)27-24(30)20-10-7-11-34-20/h4-13H,14H2,1-3H3,(H,27,30). The van der Waals surface area contributed by atoms with Crippen LogP contribution in [-0.2, 0) is 11.3 Å². The van der Waals surface area contributed by atoms with E-state index in [1.807, 2.05) is 30.3 Å². The van der Waals surface area contributed by atoms with Gasteiger partial charge in [0.05, 0.1) is 43.1 Å². The second-order valence-electron chi connectivity index (χ2n) is 7.36. The molecule has 1 N–H and O–H groups in total. The van der Waals surface area contributed by atoms with Crippen LogP contribution in [0.5, 0.6) is 11.5 Å². The Bertz CT molecular complexity index is 1350. The van der Waals surface area contributed by atoms with Gasteiger partial charge in [0.25, 0.3) is 5.91 Å². The molecule has 0 bridgehead atoms. The van der Waals surface area contributed by atoms with Gasteiger partial charge >= 0.3 is 5.97 Å². The van der Waals surface area contributed by atoms with Gasteiger partial charge in [0.15, 0.2) is 17.3 Å². The number of benzene rings is 2. The van der Waals surface area contributed by atoms with Crippen LogP contribution < -0.4 is 14.8 Å². The predicted molar refractivity (Wildman–Crippen MR) is 129 cm³/mol. The van der Waals surface area contributed by atoms with Crippen LogP contribution in [0.1, 0.15) is 32.2 Å². The predicted octanol–water partition coefficient (Wildman–Crippen LogP) is 5.05. The largest absolute Gasteiger partial charge is 0.493 e. The van der Waals surface area contributed by atoms with Gasteiger partial charge < -0.3 is 23.9 Å². The number of aryl methyl sites for hydroxylation is 1. The summed E-state index contributed by atoms with van der Waals surface area (Å²) < 4.78 is 22.9. The number of carbonyl (C=O) groups excluding carboxylic acids is 2. The molecule has 4 aromatic rings. The fraction of sp³-hybridized carbons (Fsp3) is 0.160. The number of rotatable bonds is 8. The van der Waals surface area contributed by atoms with Crippen molar-refractivity contribution in [2.75, 3.05) is 19.5 Å². The fourth-order valence-corrected chi connectivity index (χ4v) is 3.72. The number of halogens is 1. The molecular weight excluding hydrogens is 474 g/mol. The van der Waals surface area contributed by atoms with Gasteiger partial charge in [-0.1, -0.05) is 29.8 Å². The molecule has 0 fully saturated rings. The number of anilines is 1. The molecule has 0 unspecified atom stereocenters. The first kappa shape index (κ1) is 23.9. The highest BCUT2D eigenvalue weighted by atomic mass is 35.5. The van der Waals surface area contributed by atoms with E-state index in [2.05, 4.69) is 10.4 Å². The molecule has 2 aromatic heterocycles. The first-order chi connectivity index (χ1) is 16.9. The third-order valence-corrected chi connectivity index (χ3v) is 5.60. The van der Waals surface area contributed by atoms with E-state index in [-0.39, 0.29) is 23.6 Å². The van der Waals surface area contributed by atoms with E-state index < -0.39 is 11.9 Å². The Morgan fingerprint density at radius 3 is 2.43 bits per heavy atom. The third kappa shape index (κ3) is 4.99. The van der Waals surface area contributed by atoms with Crippen molar-refractivity contribution in [3.63, 3.8) is 0 Å². The number of esters is 1. The van der Waals surface area contributed by atoms with E-state index in [1.54, 1.807) is 17.7 Å². The van der Waals surface area contributed by atoms with Gasteiger partial charge in [0.1, 0.15) is 11.8 Å². The van der Waals surface area contributed by atoms with Gasteiger partial charge in [-0.15, -0.1) is 0 Å². The molecule has 0 aliphatic heterocycles. The zero-order chi connectivity index (χ0) is 24.9. The van der Waals surface area contributed by atoms with E-state index in [4.69, 9.17) is 30.2 Å². The van der Waals surface area contributed by atoms with Crippen LogP contribution in [0, 0.1) is 6.92 Å². The Morgan fingerprint density at radius 2 is 1.77 bits per heavy atom. The van der Waals surface area contributed by atoms with Crippen molar-refractivity contribution in [3.05, 3.63) is 88.6 Å². The first-order valence-electron chi connectivity index (χ1n) is 10.5. The highest BCUT2D eigenvalue weighted by Crippen LogP contribution is 2.34. The summed E-state index contributed by atoms with van der Waals surface area (Å²) in [5.74, 6) is -0.555. The maximum Gasteiger partial charge on any atom is 0.340 e. The summed E-state index contributed by atoms with van der Waals surface area (Å²) in [6.45, 7) is 1.65. The van der Waals surface area contributed by atoms with Crippen LogP contribution in [-0.4, -0.2) is 35.9 Å². The number of ether oxygens (including phenoxy) is 3. The molecule has 0 atom stereocenters. The first-order valence-corrected chi connectivity index (χ1v) is 10.9. The average molecular weight is 496 g/mol. The van der Waals surface area contributed by atoms with E-state index in [0.717, 1.165) is 5.69 Å². The summed E-state index contributed by atoms with van der Waals surface area (Å²) in [5, 5.41) is 7.44. The Hall–Kier alpha value is -4.24. The molecule has 2 heterocycles. The Balaban J connectivity index is 1.60.